The van der Waals surface area contributed by atoms with Crippen LogP contribution in [0.5, 0.6) is 0 Å². The van der Waals surface area contributed by atoms with Crippen LogP contribution in [-0.2, 0) is 4.79 Å². The molecule has 108 valence electrons. The lowest BCUT2D eigenvalue weighted by Gasteiger charge is -2.16. The second-order valence-electron chi connectivity index (χ2n) is 4.98. The number of likely N-dealkylation sites (tertiary alicyclic amines) is 1. The molecule has 2 rings (SSSR count). The summed E-state index contributed by atoms with van der Waals surface area (Å²) in [4.78, 5) is 17.7. The number of likely N-dealkylation sites (N-methyl/N-ethyl adjacent to an activating group) is 1. The molecule has 0 unspecified atom stereocenters. The highest BCUT2D eigenvalue weighted by atomic mass is 35.5. The molecule has 5 nitrogen and oxygen atoms in total. The maximum atomic E-state index is 13.2. The van der Waals surface area contributed by atoms with Crippen LogP contribution in [0.4, 0.5) is 4.39 Å². The van der Waals surface area contributed by atoms with Crippen LogP contribution in [0.1, 0.15) is 11.5 Å². The molecular formula is C13H16ClFN4O. The van der Waals surface area contributed by atoms with Crippen LogP contribution in [0, 0.1) is 11.7 Å². The summed E-state index contributed by atoms with van der Waals surface area (Å²) in [6.07, 6.45) is 0. The molecule has 1 aliphatic heterocycles. The van der Waals surface area contributed by atoms with Gasteiger partial charge in [0.05, 0.1) is 10.9 Å². The lowest BCUT2D eigenvalue weighted by atomic mass is 9.88. The summed E-state index contributed by atoms with van der Waals surface area (Å²) < 4.78 is 13.2. The molecule has 0 saturated carbocycles. The number of amides is 1. The van der Waals surface area contributed by atoms with E-state index in [1.54, 1.807) is 12.1 Å². The van der Waals surface area contributed by atoms with Crippen LogP contribution in [0.3, 0.4) is 0 Å². The number of aliphatic imine (C=N–C) groups is 1. The number of hydrogen-bond acceptors (Lipinski definition) is 2. The summed E-state index contributed by atoms with van der Waals surface area (Å²) in [5.41, 5.74) is 11.3. The Hall–Kier alpha value is -1.66. The van der Waals surface area contributed by atoms with Gasteiger partial charge in [0.25, 0.3) is 5.91 Å². The first kappa shape index (κ1) is 14.7. The number of nitrogens with two attached hydrogens (primary N) is 2. The summed E-state index contributed by atoms with van der Waals surface area (Å²) in [5.74, 6) is -1.55. The maximum Gasteiger partial charge on any atom is 0.253 e. The highest BCUT2D eigenvalue weighted by Gasteiger charge is 2.37. The molecule has 0 spiro atoms. The van der Waals surface area contributed by atoms with Crippen LogP contribution in [-0.4, -0.2) is 36.9 Å². The summed E-state index contributed by atoms with van der Waals surface area (Å²) >= 11 is 5.80. The molecule has 1 amide bonds. The van der Waals surface area contributed by atoms with Gasteiger partial charge < -0.3 is 16.4 Å². The Labute approximate surface area is 121 Å². The molecule has 1 heterocycles. The summed E-state index contributed by atoms with van der Waals surface area (Å²) in [6.45, 7) is 1.22. The third-order valence-corrected chi connectivity index (χ3v) is 3.72. The van der Waals surface area contributed by atoms with E-state index in [9.17, 15) is 9.18 Å². The Morgan fingerprint density at radius 3 is 2.75 bits per heavy atom. The largest absolute Gasteiger partial charge is 0.370 e. The average molecular weight is 299 g/mol. The van der Waals surface area contributed by atoms with Crippen molar-refractivity contribution >= 4 is 23.5 Å². The van der Waals surface area contributed by atoms with Crippen molar-refractivity contribution in [1.82, 2.24) is 4.90 Å². The first-order valence-corrected chi connectivity index (χ1v) is 6.53. The Morgan fingerprint density at radius 1 is 1.45 bits per heavy atom. The molecule has 1 aromatic carbocycles. The van der Waals surface area contributed by atoms with Crippen molar-refractivity contribution < 1.29 is 9.18 Å². The zero-order valence-electron chi connectivity index (χ0n) is 11.0. The lowest BCUT2D eigenvalue weighted by molar-refractivity contribution is -0.121. The number of rotatable bonds is 2. The number of halogens is 2. The number of carbonyl (C=O) groups is 1. The molecule has 1 saturated heterocycles. The molecule has 7 heteroatoms. The first-order chi connectivity index (χ1) is 9.38. The average Bonchev–Trinajstić information content (AvgIpc) is 2.74. The molecular weight excluding hydrogens is 283 g/mol. The van der Waals surface area contributed by atoms with Crippen molar-refractivity contribution in [3.8, 4) is 0 Å². The fourth-order valence-electron chi connectivity index (χ4n) is 2.54. The topological polar surface area (TPSA) is 84.7 Å². The Kier molecular flexibility index (Phi) is 4.25. The second-order valence-corrected chi connectivity index (χ2v) is 5.39. The molecule has 4 N–H and O–H groups in total. The van der Waals surface area contributed by atoms with Gasteiger partial charge in [0.1, 0.15) is 5.82 Å². The lowest BCUT2D eigenvalue weighted by Crippen LogP contribution is -2.28. The van der Waals surface area contributed by atoms with E-state index < -0.39 is 5.82 Å². The van der Waals surface area contributed by atoms with E-state index in [0.717, 1.165) is 5.56 Å². The van der Waals surface area contributed by atoms with E-state index in [4.69, 9.17) is 23.1 Å². The van der Waals surface area contributed by atoms with Gasteiger partial charge in [-0.25, -0.2) is 4.39 Å². The summed E-state index contributed by atoms with van der Waals surface area (Å²) in [5, 5.41) is 0.0464. The predicted molar refractivity (Wildman–Crippen MR) is 76.0 cm³/mol. The predicted octanol–water partition coefficient (Wildman–Crippen LogP) is 0.924. The molecule has 1 fully saturated rings. The van der Waals surface area contributed by atoms with Gasteiger partial charge in [0.15, 0.2) is 5.96 Å². The van der Waals surface area contributed by atoms with Crippen molar-refractivity contribution in [2.24, 2.45) is 22.4 Å². The second kappa shape index (κ2) is 5.76. The first-order valence-electron chi connectivity index (χ1n) is 6.15. The normalized spacial score (nSPS) is 22.8. The van der Waals surface area contributed by atoms with Crippen LogP contribution in [0.25, 0.3) is 0 Å². The van der Waals surface area contributed by atoms with Gasteiger partial charge in [-0.15, -0.1) is 0 Å². The van der Waals surface area contributed by atoms with Gasteiger partial charge in [-0.05, 0) is 24.7 Å². The quantitative estimate of drug-likeness (QED) is 0.628. The SMILES string of the molecule is CN1C[C@H](C(=O)N=C(N)N)[C@@H](c2ccc(F)c(Cl)c2)C1. The smallest absolute Gasteiger partial charge is 0.253 e. The number of nitrogens with zero attached hydrogens (tertiary/aromatic N) is 2. The zero-order valence-corrected chi connectivity index (χ0v) is 11.8. The molecule has 0 aromatic heterocycles. The van der Waals surface area contributed by atoms with E-state index >= 15 is 0 Å². The van der Waals surface area contributed by atoms with E-state index in [2.05, 4.69) is 4.99 Å². The minimum absolute atomic E-state index is 0.0464. The molecule has 1 aromatic rings. The van der Waals surface area contributed by atoms with Gasteiger partial charge in [-0.1, -0.05) is 17.7 Å². The fraction of sp³-hybridized carbons (Fsp3) is 0.385. The highest BCUT2D eigenvalue weighted by molar-refractivity contribution is 6.30. The summed E-state index contributed by atoms with van der Waals surface area (Å²) in [7, 11) is 1.90. The van der Waals surface area contributed by atoms with Gasteiger partial charge >= 0.3 is 0 Å². The van der Waals surface area contributed by atoms with Crippen LogP contribution in [0.15, 0.2) is 23.2 Å². The Bertz CT molecular complexity index is 559. The highest BCUT2D eigenvalue weighted by Crippen LogP contribution is 2.34. The van der Waals surface area contributed by atoms with Gasteiger partial charge in [-0.2, -0.15) is 4.99 Å². The number of benzene rings is 1. The Balaban J connectivity index is 2.30. The van der Waals surface area contributed by atoms with Crippen molar-refractivity contribution in [1.29, 1.82) is 0 Å². The monoisotopic (exact) mass is 298 g/mol. The number of carbonyl (C=O) groups excluding carboxylic acids is 1. The van der Waals surface area contributed by atoms with Crippen LogP contribution >= 0.6 is 11.6 Å². The van der Waals surface area contributed by atoms with Crippen molar-refractivity contribution in [3.05, 3.63) is 34.6 Å². The summed E-state index contributed by atoms with van der Waals surface area (Å²) in [6, 6.07) is 4.50. The van der Waals surface area contributed by atoms with Crippen molar-refractivity contribution in [2.75, 3.05) is 20.1 Å². The van der Waals surface area contributed by atoms with Gasteiger partial charge in [0.2, 0.25) is 0 Å². The third kappa shape index (κ3) is 3.08. The minimum Gasteiger partial charge on any atom is -0.370 e. The Morgan fingerprint density at radius 2 is 2.15 bits per heavy atom. The van der Waals surface area contributed by atoms with E-state index in [0.29, 0.717) is 13.1 Å². The van der Waals surface area contributed by atoms with E-state index in [1.165, 1.54) is 6.07 Å². The molecule has 0 aliphatic carbocycles. The minimum atomic E-state index is -0.478. The molecule has 0 bridgehead atoms. The fourth-order valence-corrected chi connectivity index (χ4v) is 2.73. The standard InChI is InChI=1S/C13H16ClFN4O/c1-19-5-8(7-2-3-11(15)10(14)4-7)9(6-19)12(20)18-13(16)17/h2-4,8-9H,5-6H2,1H3,(H4,16,17,18,20)/t8-,9+/m1/s1. The van der Waals surface area contributed by atoms with Crippen molar-refractivity contribution in [3.63, 3.8) is 0 Å². The number of guanidine groups is 1. The zero-order chi connectivity index (χ0) is 14.9. The third-order valence-electron chi connectivity index (χ3n) is 3.43. The number of hydrogen-bond donors (Lipinski definition) is 2. The molecule has 0 radical (unpaired) electrons. The van der Waals surface area contributed by atoms with Crippen LogP contribution in [0.2, 0.25) is 5.02 Å². The molecule has 2 atom stereocenters. The van der Waals surface area contributed by atoms with E-state index in [1.807, 2.05) is 11.9 Å². The van der Waals surface area contributed by atoms with E-state index in [-0.39, 0.29) is 28.7 Å². The van der Waals surface area contributed by atoms with Gasteiger partial charge in [-0.3, -0.25) is 4.79 Å². The van der Waals surface area contributed by atoms with Crippen molar-refractivity contribution in [2.45, 2.75) is 5.92 Å². The molecule has 20 heavy (non-hydrogen) atoms. The molecule has 1 aliphatic rings. The maximum absolute atomic E-state index is 13.2. The van der Waals surface area contributed by atoms with Crippen LogP contribution < -0.4 is 11.5 Å². The van der Waals surface area contributed by atoms with Gasteiger partial charge in [0, 0.05) is 19.0 Å².